The molecule has 22 heavy (non-hydrogen) atoms. The molecule has 0 aromatic heterocycles. The van der Waals surface area contributed by atoms with E-state index < -0.39 is 0 Å². The Kier molecular flexibility index (Phi) is 6.24. The molecule has 2 saturated heterocycles. The molecular weight excluding hydrogens is 280 g/mol. The van der Waals surface area contributed by atoms with Crippen molar-refractivity contribution in [3.63, 3.8) is 0 Å². The topological polar surface area (TPSA) is 42.0 Å². The van der Waals surface area contributed by atoms with Crippen molar-refractivity contribution in [3.05, 3.63) is 0 Å². The minimum Gasteiger partial charge on any atom is -0.379 e. The maximum atomic E-state index is 13.0. The van der Waals surface area contributed by atoms with Crippen molar-refractivity contribution in [2.45, 2.75) is 44.7 Å². The van der Waals surface area contributed by atoms with E-state index in [9.17, 15) is 4.79 Å². The quantitative estimate of drug-likeness (QED) is 0.770. The number of rotatable bonds is 5. The van der Waals surface area contributed by atoms with E-state index in [1.165, 1.54) is 32.1 Å². The molecular formula is C17H30N2O3. The second-order valence-electron chi connectivity index (χ2n) is 6.84. The average molecular weight is 310 g/mol. The van der Waals surface area contributed by atoms with Crippen molar-refractivity contribution in [3.8, 4) is 0 Å². The Morgan fingerprint density at radius 2 is 1.36 bits per heavy atom. The third-order valence-corrected chi connectivity index (χ3v) is 5.29. The Balaban J connectivity index is 1.64. The molecule has 0 spiro atoms. The van der Waals surface area contributed by atoms with Gasteiger partial charge in [0.05, 0.1) is 26.4 Å². The van der Waals surface area contributed by atoms with Crippen molar-refractivity contribution in [2.24, 2.45) is 5.92 Å². The number of carbonyl (C=O) groups is 1. The monoisotopic (exact) mass is 310 g/mol. The lowest BCUT2D eigenvalue weighted by molar-refractivity contribution is -0.139. The summed E-state index contributed by atoms with van der Waals surface area (Å²) < 4.78 is 10.9. The molecule has 2 heterocycles. The number of morpholine rings is 2. The second-order valence-corrected chi connectivity index (χ2v) is 6.84. The first kappa shape index (κ1) is 16.4. The molecule has 1 saturated carbocycles. The van der Waals surface area contributed by atoms with Gasteiger partial charge in [0.25, 0.3) is 0 Å². The highest BCUT2D eigenvalue weighted by Gasteiger charge is 2.34. The van der Waals surface area contributed by atoms with Gasteiger partial charge in [-0.1, -0.05) is 32.1 Å². The number of Topliss-reactive ketones (excluding diaryl/α,β-unsaturated/α-hetero) is 1. The molecule has 5 nitrogen and oxygen atoms in total. The van der Waals surface area contributed by atoms with Gasteiger partial charge in [-0.2, -0.15) is 0 Å². The number of ether oxygens (including phenoxy) is 2. The molecule has 0 N–H and O–H groups in total. The average Bonchev–Trinajstić information content (AvgIpc) is 2.58. The second kappa shape index (κ2) is 8.39. The highest BCUT2D eigenvalue weighted by Crippen LogP contribution is 2.28. The number of carbonyl (C=O) groups excluding carboxylic acids is 1. The van der Waals surface area contributed by atoms with Crippen LogP contribution in [0.3, 0.4) is 0 Å². The Morgan fingerprint density at radius 1 is 0.864 bits per heavy atom. The Bertz CT molecular complexity index is 328. The lowest BCUT2D eigenvalue weighted by Gasteiger charge is -2.42. The van der Waals surface area contributed by atoms with Crippen molar-refractivity contribution >= 4 is 5.78 Å². The largest absolute Gasteiger partial charge is 0.379 e. The standard InChI is InChI=1S/C17H30N2O3/c20-16(14-15-4-2-1-3-5-15)17(18-6-10-21-11-7-18)19-8-12-22-13-9-19/h15,17H,1-14H2. The summed E-state index contributed by atoms with van der Waals surface area (Å²) in [6.45, 7) is 6.48. The maximum Gasteiger partial charge on any atom is 0.164 e. The fourth-order valence-corrected chi connectivity index (χ4v) is 4.06. The van der Waals surface area contributed by atoms with Gasteiger partial charge in [-0.05, 0) is 5.92 Å². The smallest absolute Gasteiger partial charge is 0.164 e. The first-order valence-corrected chi connectivity index (χ1v) is 9.01. The van der Waals surface area contributed by atoms with Crippen molar-refractivity contribution in [1.29, 1.82) is 0 Å². The third kappa shape index (κ3) is 4.28. The molecule has 0 bridgehead atoms. The van der Waals surface area contributed by atoms with Crippen molar-refractivity contribution in [1.82, 2.24) is 9.80 Å². The summed E-state index contributed by atoms with van der Waals surface area (Å²) in [7, 11) is 0. The number of nitrogens with zero attached hydrogens (tertiary/aromatic N) is 2. The van der Waals surface area contributed by atoms with Crippen LogP contribution in [0, 0.1) is 5.92 Å². The van der Waals surface area contributed by atoms with Crippen LogP contribution in [-0.2, 0) is 14.3 Å². The first-order chi connectivity index (χ1) is 10.8. The summed E-state index contributed by atoms with van der Waals surface area (Å²) in [4.78, 5) is 17.7. The molecule has 2 aliphatic heterocycles. The normalized spacial score (nSPS) is 26.4. The molecule has 0 aromatic carbocycles. The molecule has 3 fully saturated rings. The number of hydrogen-bond acceptors (Lipinski definition) is 5. The molecule has 3 rings (SSSR count). The first-order valence-electron chi connectivity index (χ1n) is 9.01. The Labute approximate surface area is 133 Å². The Morgan fingerprint density at radius 3 is 1.86 bits per heavy atom. The van der Waals surface area contributed by atoms with Gasteiger partial charge in [-0.3, -0.25) is 14.6 Å². The molecule has 0 radical (unpaired) electrons. The van der Waals surface area contributed by atoms with Gasteiger partial charge in [0.15, 0.2) is 5.78 Å². The predicted molar refractivity (Wildman–Crippen MR) is 84.8 cm³/mol. The summed E-state index contributed by atoms with van der Waals surface area (Å²) in [6, 6.07) is 0. The summed E-state index contributed by atoms with van der Waals surface area (Å²) in [5.74, 6) is 1.04. The van der Waals surface area contributed by atoms with Crippen LogP contribution < -0.4 is 0 Å². The number of ketones is 1. The zero-order chi connectivity index (χ0) is 15.2. The highest BCUT2D eigenvalue weighted by atomic mass is 16.5. The zero-order valence-electron chi connectivity index (χ0n) is 13.7. The summed E-state index contributed by atoms with van der Waals surface area (Å²) in [6.07, 6.45) is 7.15. The van der Waals surface area contributed by atoms with Crippen molar-refractivity contribution in [2.75, 3.05) is 52.6 Å². The van der Waals surface area contributed by atoms with Crippen LogP contribution in [0.15, 0.2) is 0 Å². The van der Waals surface area contributed by atoms with E-state index in [-0.39, 0.29) is 6.17 Å². The van der Waals surface area contributed by atoms with Gasteiger partial charge in [-0.25, -0.2) is 0 Å². The van der Waals surface area contributed by atoms with Gasteiger partial charge in [0.1, 0.15) is 6.17 Å². The van der Waals surface area contributed by atoms with E-state index >= 15 is 0 Å². The van der Waals surface area contributed by atoms with Crippen LogP contribution in [0.2, 0.25) is 0 Å². The number of hydrogen-bond donors (Lipinski definition) is 0. The minimum absolute atomic E-state index is 0.0465. The summed E-state index contributed by atoms with van der Waals surface area (Å²) in [5.41, 5.74) is 0. The van der Waals surface area contributed by atoms with E-state index in [0.717, 1.165) is 59.0 Å². The van der Waals surface area contributed by atoms with Gasteiger partial charge < -0.3 is 9.47 Å². The van der Waals surface area contributed by atoms with Crippen LogP contribution >= 0.6 is 0 Å². The summed E-state index contributed by atoms with van der Waals surface area (Å²) >= 11 is 0. The van der Waals surface area contributed by atoms with Gasteiger partial charge in [0.2, 0.25) is 0 Å². The van der Waals surface area contributed by atoms with Crippen molar-refractivity contribution < 1.29 is 14.3 Å². The lowest BCUT2D eigenvalue weighted by Crippen LogP contribution is -2.59. The fraction of sp³-hybridized carbons (Fsp3) is 0.941. The highest BCUT2D eigenvalue weighted by molar-refractivity contribution is 5.84. The van der Waals surface area contributed by atoms with Gasteiger partial charge >= 0.3 is 0 Å². The maximum absolute atomic E-state index is 13.0. The SMILES string of the molecule is O=C(CC1CCCCC1)C(N1CCOCC1)N1CCOCC1. The van der Waals surface area contributed by atoms with E-state index in [1.807, 2.05) is 0 Å². The molecule has 0 amide bonds. The lowest BCUT2D eigenvalue weighted by atomic mass is 9.85. The van der Waals surface area contributed by atoms with Crippen LogP contribution in [0.25, 0.3) is 0 Å². The summed E-state index contributed by atoms with van der Waals surface area (Å²) in [5, 5.41) is 0. The molecule has 1 aliphatic carbocycles. The van der Waals surface area contributed by atoms with E-state index in [4.69, 9.17) is 9.47 Å². The molecule has 0 unspecified atom stereocenters. The zero-order valence-corrected chi connectivity index (χ0v) is 13.7. The Hall–Kier alpha value is -0.490. The fourth-order valence-electron chi connectivity index (χ4n) is 4.06. The van der Waals surface area contributed by atoms with E-state index in [1.54, 1.807) is 0 Å². The van der Waals surface area contributed by atoms with Crippen LogP contribution in [0.1, 0.15) is 38.5 Å². The van der Waals surface area contributed by atoms with Gasteiger partial charge in [-0.15, -0.1) is 0 Å². The van der Waals surface area contributed by atoms with E-state index in [2.05, 4.69) is 9.80 Å². The minimum atomic E-state index is -0.0465. The van der Waals surface area contributed by atoms with Crippen LogP contribution in [0.4, 0.5) is 0 Å². The molecule has 126 valence electrons. The predicted octanol–water partition coefficient (Wildman–Crippen LogP) is 1.52. The molecule has 0 atom stereocenters. The molecule has 0 aromatic rings. The molecule has 3 aliphatic rings. The third-order valence-electron chi connectivity index (χ3n) is 5.29. The van der Waals surface area contributed by atoms with Gasteiger partial charge in [0, 0.05) is 32.6 Å². The van der Waals surface area contributed by atoms with Crippen LogP contribution in [-0.4, -0.2) is 74.4 Å². The van der Waals surface area contributed by atoms with Crippen LogP contribution in [0.5, 0.6) is 0 Å². The van der Waals surface area contributed by atoms with E-state index in [0.29, 0.717) is 11.7 Å². The molecule has 5 heteroatoms.